The second-order valence-electron chi connectivity index (χ2n) is 2.78. The maximum Gasteiger partial charge on any atom is 0.254 e. The highest BCUT2D eigenvalue weighted by molar-refractivity contribution is 5.31. The van der Waals surface area contributed by atoms with E-state index in [0.717, 1.165) is 5.69 Å². The molecule has 62 valence electrons. The minimum absolute atomic E-state index is 0.0342. The van der Waals surface area contributed by atoms with Crippen LogP contribution in [0.4, 0.5) is 0 Å². The molecule has 0 saturated carbocycles. The molecule has 0 aliphatic carbocycles. The minimum atomic E-state index is -0.0342. The van der Waals surface area contributed by atoms with Gasteiger partial charge in [-0.25, -0.2) is 4.98 Å². The van der Waals surface area contributed by atoms with E-state index in [1.54, 1.807) is 19.4 Å². The molecule has 0 aliphatic rings. The van der Waals surface area contributed by atoms with Crippen LogP contribution >= 0.6 is 0 Å². The van der Waals surface area contributed by atoms with Gasteiger partial charge in [-0.05, 0) is 6.92 Å². The van der Waals surface area contributed by atoms with Crippen LogP contribution in [0, 0.1) is 6.92 Å². The first-order valence-electron chi connectivity index (χ1n) is 3.70. The lowest BCUT2D eigenvalue weighted by molar-refractivity contribution is 0.838. The quantitative estimate of drug-likeness (QED) is 0.562. The topological polar surface area (TPSA) is 39.3 Å². The molecular formula is C8H9N3O. The van der Waals surface area contributed by atoms with Gasteiger partial charge < -0.3 is 0 Å². The van der Waals surface area contributed by atoms with Crippen molar-refractivity contribution in [1.82, 2.24) is 14.0 Å². The molecule has 0 saturated heterocycles. The maximum absolute atomic E-state index is 11.2. The van der Waals surface area contributed by atoms with Gasteiger partial charge in [-0.1, -0.05) is 0 Å². The molecular weight excluding hydrogens is 154 g/mol. The zero-order valence-electron chi connectivity index (χ0n) is 6.98. The summed E-state index contributed by atoms with van der Waals surface area (Å²) in [6.45, 7) is 1.95. The molecule has 2 heterocycles. The molecule has 0 fully saturated rings. The third-order valence-corrected chi connectivity index (χ3v) is 1.96. The minimum Gasteiger partial charge on any atom is -0.290 e. The van der Waals surface area contributed by atoms with Crippen molar-refractivity contribution in [3.8, 4) is 0 Å². The number of aryl methyl sites for hydroxylation is 2. The highest BCUT2D eigenvalue weighted by atomic mass is 16.1. The number of rotatable bonds is 0. The van der Waals surface area contributed by atoms with Crippen LogP contribution in [0.2, 0.25) is 0 Å². The predicted octanol–water partition coefficient (Wildman–Crippen LogP) is 0.341. The zero-order chi connectivity index (χ0) is 8.72. The van der Waals surface area contributed by atoms with Crippen molar-refractivity contribution in [3.05, 3.63) is 34.5 Å². The van der Waals surface area contributed by atoms with Crippen LogP contribution in [0.1, 0.15) is 5.69 Å². The van der Waals surface area contributed by atoms with Gasteiger partial charge in [0.2, 0.25) is 5.78 Å². The van der Waals surface area contributed by atoms with Crippen molar-refractivity contribution in [2.45, 2.75) is 6.92 Å². The summed E-state index contributed by atoms with van der Waals surface area (Å²) in [5, 5.41) is 0. The fraction of sp³-hybridized carbons (Fsp3) is 0.250. The molecule has 0 N–H and O–H groups in total. The fourth-order valence-corrected chi connectivity index (χ4v) is 1.21. The van der Waals surface area contributed by atoms with Gasteiger partial charge in [0.15, 0.2) is 0 Å². The Bertz CT molecular complexity index is 480. The number of imidazole rings is 1. The van der Waals surface area contributed by atoms with Gasteiger partial charge in [0.25, 0.3) is 5.56 Å². The lowest BCUT2D eigenvalue weighted by Crippen LogP contribution is -2.17. The third kappa shape index (κ3) is 0.777. The number of nitrogens with zero attached hydrogens (tertiary/aromatic N) is 3. The van der Waals surface area contributed by atoms with Crippen molar-refractivity contribution in [1.29, 1.82) is 0 Å². The van der Waals surface area contributed by atoms with Crippen LogP contribution in [0.15, 0.2) is 23.3 Å². The van der Waals surface area contributed by atoms with Crippen molar-refractivity contribution in [2.75, 3.05) is 0 Å². The molecule has 0 aromatic carbocycles. The summed E-state index contributed by atoms with van der Waals surface area (Å²) >= 11 is 0. The van der Waals surface area contributed by atoms with Crippen LogP contribution in [0.25, 0.3) is 5.78 Å². The van der Waals surface area contributed by atoms with E-state index in [4.69, 9.17) is 0 Å². The molecule has 0 aliphatic heterocycles. The SMILES string of the molecule is Cc1cnc2n(C)c(=O)ccn12. The normalized spacial score (nSPS) is 10.8. The Labute approximate surface area is 69.1 Å². The first-order valence-corrected chi connectivity index (χ1v) is 3.70. The first-order chi connectivity index (χ1) is 5.70. The lowest BCUT2D eigenvalue weighted by Gasteiger charge is -1.99. The molecule has 0 amide bonds. The Balaban J connectivity index is 3.02. The van der Waals surface area contributed by atoms with Gasteiger partial charge in [0, 0.05) is 25.0 Å². The molecule has 12 heavy (non-hydrogen) atoms. The Hall–Kier alpha value is -1.58. The van der Waals surface area contributed by atoms with Crippen molar-refractivity contribution in [3.63, 3.8) is 0 Å². The summed E-state index contributed by atoms with van der Waals surface area (Å²) in [6.07, 6.45) is 3.48. The molecule has 4 heteroatoms. The van der Waals surface area contributed by atoms with Crippen molar-refractivity contribution in [2.24, 2.45) is 7.05 Å². The van der Waals surface area contributed by atoms with Crippen LogP contribution < -0.4 is 5.56 Å². The van der Waals surface area contributed by atoms with Gasteiger partial charge in [-0.15, -0.1) is 0 Å². The van der Waals surface area contributed by atoms with Gasteiger partial charge in [-0.2, -0.15) is 0 Å². The van der Waals surface area contributed by atoms with Crippen LogP contribution in [0.3, 0.4) is 0 Å². The standard InChI is InChI=1S/C8H9N3O/c1-6-5-9-8-10(2)7(12)3-4-11(6)8/h3-5H,1-2H3. The van der Waals surface area contributed by atoms with Gasteiger partial charge >= 0.3 is 0 Å². The van der Waals surface area contributed by atoms with E-state index in [1.807, 2.05) is 11.3 Å². The smallest absolute Gasteiger partial charge is 0.254 e. The first kappa shape index (κ1) is 7.09. The van der Waals surface area contributed by atoms with Crippen LogP contribution in [-0.2, 0) is 7.05 Å². The van der Waals surface area contributed by atoms with E-state index >= 15 is 0 Å². The highest BCUT2D eigenvalue weighted by Crippen LogP contribution is 2.00. The van der Waals surface area contributed by atoms with Crippen molar-refractivity contribution < 1.29 is 0 Å². The summed E-state index contributed by atoms with van der Waals surface area (Å²) in [4.78, 5) is 15.3. The number of aromatic nitrogens is 3. The van der Waals surface area contributed by atoms with Gasteiger partial charge in [-0.3, -0.25) is 13.8 Å². The van der Waals surface area contributed by atoms with Crippen LogP contribution in [0.5, 0.6) is 0 Å². The Morgan fingerprint density at radius 1 is 1.50 bits per heavy atom. The molecule has 4 nitrogen and oxygen atoms in total. The third-order valence-electron chi connectivity index (χ3n) is 1.96. The molecule has 2 aromatic rings. The number of hydrogen-bond acceptors (Lipinski definition) is 2. The second kappa shape index (κ2) is 2.20. The van der Waals surface area contributed by atoms with E-state index in [9.17, 15) is 4.79 Å². The fourth-order valence-electron chi connectivity index (χ4n) is 1.21. The number of fused-ring (bicyclic) bond motifs is 1. The average Bonchev–Trinajstić information content (AvgIpc) is 2.41. The molecule has 2 aromatic heterocycles. The summed E-state index contributed by atoms with van der Waals surface area (Å²) in [7, 11) is 1.71. The van der Waals surface area contributed by atoms with E-state index in [-0.39, 0.29) is 5.56 Å². The van der Waals surface area contributed by atoms with Crippen LogP contribution in [-0.4, -0.2) is 14.0 Å². The summed E-state index contributed by atoms with van der Waals surface area (Å²) in [5.74, 6) is 0.681. The predicted molar refractivity (Wildman–Crippen MR) is 45.2 cm³/mol. The Morgan fingerprint density at radius 3 is 3.00 bits per heavy atom. The molecule has 2 rings (SSSR count). The molecule has 0 bridgehead atoms. The second-order valence-corrected chi connectivity index (χ2v) is 2.78. The van der Waals surface area contributed by atoms with Gasteiger partial charge in [0.05, 0.1) is 6.20 Å². The lowest BCUT2D eigenvalue weighted by atomic mass is 10.5. The molecule has 0 atom stereocenters. The van der Waals surface area contributed by atoms with E-state index < -0.39 is 0 Å². The summed E-state index contributed by atoms with van der Waals surface area (Å²) in [5.41, 5.74) is 0.994. The highest BCUT2D eigenvalue weighted by Gasteiger charge is 2.01. The summed E-state index contributed by atoms with van der Waals surface area (Å²) < 4.78 is 3.40. The molecule has 0 unspecified atom stereocenters. The maximum atomic E-state index is 11.2. The Kier molecular flexibility index (Phi) is 1.30. The largest absolute Gasteiger partial charge is 0.290 e. The molecule has 0 spiro atoms. The number of hydrogen-bond donors (Lipinski definition) is 0. The van der Waals surface area contributed by atoms with Gasteiger partial charge in [0.1, 0.15) is 0 Å². The monoisotopic (exact) mass is 163 g/mol. The van der Waals surface area contributed by atoms with E-state index in [2.05, 4.69) is 4.98 Å². The molecule has 0 radical (unpaired) electrons. The summed E-state index contributed by atoms with van der Waals surface area (Å²) in [6, 6.07) is 1.53. The van der Waals surface area contributed by atoms with Crippen molar-refractivity contribution >= 4 is 5.78 Å². The van der Waals surface area contributed by atoms with E-state index in [1.165, 1.54) is 10.6 Å². The zero-order valence-corrected chi connectivity index (χ0v) is 6.98. The van der Waals surface area contributed by atoms with E-state index in [0.29, 0.717) is 5.78 Å². The average molecular weight is 163 g/mol. The Morgan fingerprint density at radius 2 is 2.25 bits per heavy atom.